The molecule has 3 N–H and O–H groups in total. The van der Waals surface area contributed by atoms with Crippen LogP contribution in [0.5, 0.6) is 11.5 Å². The molecule has 4 rings (SSSR count). The third-order valence-electron chi connectivity index (χ3n) is 9.63. The number of hydrogen-bond acceptors (Lipinski definition) is 8. The van der Waals surface area contributed by atoms with Gasteiger partial charge in [-0.15, -0.1) is 6.58 Å². The largest absolute Gasteiger partial charge is 0.490 e. The molecule has 2 aliphatic carbocycles. The van der Waals surface area contributed by atoms with Gasteiger partial charge in [-0.2, -0.15) is 0 Å². The number of urea groups is 1. The molecule has 0 unspecified atom stereocenters. The highest BCUT2D eigenvalue weighted by molar-refractivity contribution is 6.03. The Kier molecular flexibility index (Phi) is 13.8. The Morgan fingerprint density at radius 3 is 2.55 bits per heavy atom. The van der Waals surface area contributed by atoms with Crippen LogP contribution in [0.15, 0.2) is 60.3 Å². The molecule has 1 aromatic rings. The summed E-state index contributed by atoms with van der Waals surface area (Å²) < 4.78 is 20.0. The van der Waals surface area contributed by atoms with Crippen molar-refractivity contribution in [3.05, 3.63) is 60.7 Å². The lowest BCUT2D eigenvalue weighted by Crippen LogP contribution is -2.70. The Labute approximate surface area is 280 Å². The van der Waals surface area contributed by atoms with Gasteiger partial charge in [-0.05, 0) is 74.6 Å². The molecule has 0 radical (unpaired) electrons. The van der Waals surface area contributed by atoms with Gasteiger partial charge in [-0.1, -0.05) is 49.7 Å². The van der Waals surface area contributed by atoms with Crippen LogP contribution in [0.1, 0.15) is 76.7 Å². The molecular formula is C37H55N3O7. The third kappa shape index (κ3) is 8.04. The SMILES string of the molecule is C=CCOc1ccc2c(c1)[C@H]1[C@H](CCCCO)[C@@H](CCCCO)C=C3C(=NOCC)C[C@H](N(C)C(=O)NCCC)[C@@](OCC=C)(O2)[C@H]31. The van der Waals surface area contributed by atoms with E-state index in [-0.39, 0.29) is 49.5 Å². The Hall–Kier alpha value is -3.34. The van der Waals surface area contributed by atoms with E-state index < -0.39 is 11.8 Å². The maximum atomic E-state index is 13.6. The van der Waals surface area contributed by atoms with E-state index in [9.17, 15) is 15.0 Å². The van der Waals surface area contributed by atoms with Crippen LogP contribution < -0.4 is 14.8 Å². The van der Waals surface area contributed by atoms with Crippen LogP contribution in [-0.4, -0.2) is 85.3 Å². The molecule has 0 spiro atoms. The molecule has 2 amide bonds. The average molecular weight is 654 g/mol. The van der Waals surface area contributed by atoms with Crippen LogP contribution in [-0.2, 0) is 9.57 Å². The summed E-state index contributed by atoms with van der Waals surface area (Å²) in [7, 11) is 1.79. The first-order valence-electron chi connectivity index (χ1n) is 17.3. The number of benzene rings is 1. The number of aliphatic hydroxyl groups is 2. The summed E-state index contributed by atoms with van der Waals surface area (Å²) >= 11 is 0. The molecule has 3 aliphatic rings. The number of nitrogens with zero attached hydrogens (tertiary/aromatic N) is 2. The van der Waals surface area contributed by atoms with Crippen LogP contribution in [0.4, 0.5) is 4.79 Å². The minimum atomic E-state index is -1.25. The van der Waals surface area contributed by atoms with Gasteiger partial charge in [-0.3, -0.25) is 0 Å². The first kappa shape index (κ1) is 36.5. The zero-order valence-corrected chi connectivity index (χ0v) is 28.5. The van der Waals surface area contributed by atoms with Crippen molar-refractivity contribution in [2.24, 2.45) is 22.9 Å². The number of nitrogens with one attached hydrogen (secondary N) is 1. The quantitative estimate of drug-likeness (QED) is 0.0958. The van der Waals surface area contributed by atoms with Gasteiger partial charge in [0.15, 0.2) is 0 Å². The van der Waals surface area contributed by atoms with Crippen molar-refractivity contribution >= 4 is 11.7 Å². The zero-order chi connectivity index (χ0) is 33.8. The number of hydrogen-bond donors (Lipinski definition) is 3. The van der Waals surface area contributed by atoms with Gasteiger partial charge in [0.25, 0.3) is 0 Å². The van der Waals surface area contributed by atoms with Crippen molar-refractivity contribution in [2.45, 2.75) is 83.0 Å². The van der Waals surface area contributed by atoms with Crippen molar-refractivity contribution in [1.29, 1.82) is 0 Å². The summed E-state index contributed by atoms with van der Waals surface area (Å²) in [6, 6.07) is 5.18. The molecule has 1 heterocycles. The van der Waals surface area contributed by atoms with Crippen molar-refractivity contribution < 1.29 is 34.1 Å². The summed E-state index contributed by atoms with van der Waals surface area (Å²) in [5, 5.41) is 27.1. The first-order chi connectivity index (χ1) is 22.9. The van der Waals surface area contributed by atoms with E-state index in [1.165, 1.54) is 0 Å². The Balaban J connectivity index is 1.99. The molecule has 1 fully saturated rings. The standard InChI is InChI=1S/C37H55N3O7/c1-6-18-38-36(43)40(5)33-25-31(39-46-9-4)29-23-26(14-10-12-19-41)28(15-11-13-20-42)34-30-24-27(44-21-7-2)16-17-32(30)47-37(33,35(29)34)45-22-8-3/h7-8,16-17,23-24,26,28,33-35,41-42H,2-3,6,9-15,18-22,25H2,1,4-5H3,(H,38,43)/t26-,28+,33-,34+,35+,37+/m0/s1. The van der Waals surface area contributed by atoms with Crippen LogP contribution >= 0.6 is 0 Å². The molecule has 6 atom stereocenters. The highest BCUT2D eigenvalue weighted by Crippen LogP contribution is 2.61. The van der Waals surface area contributed by atoms with Gasteiger partial charge in [0.2, 0.25) is 5.79 Å². The molecule has 1 aliphatic heterocycles. The van der Waals surface area contributed by atoms with E-state index >= 15 is 0 Å². The number of carbonyl (C=O) groups is 1. The van der Waals surface area contributed by atoms with Crippen molar-refractivity contribution in [1.82, 2.24) is 10.2 Å². The van der Waals surface area contributed by atoms with Crippen LogP contribution in [0.3, 0.4) is 0 Å². The molecule has 0 bridgehead atoms. The van der Waals surface area contributed by atoms with Gasteiger partial charge >= 0.3 is 6.03 Å². The predicted molar refractivity (Wildman–Crippen MR) is 184 cm³/mol. The molecule has 0 saturated heterocycles. The minimum absolute atomic E-state index is 0.0876. The van der Waals surface area contributed by atoms with E-state index in [1.807, 2.05) is 26.0 Å². The molecule has 47 heavy (non-hydrogen) atoms. The summed E-state index contributed by atoms with van der Waals surface area (Å²) in [5.41, 5.74) is 2.82. The Morgan fingerprint density at radius 1 is 1.13 bits per heavy atom. The topological polar surface area (TPSA) is 122 Å². The van der Waals surface area contributed by atoms with Crippen molar-refractivity contribution in [2.75, 3.05) is 46.6 Å². The zero-order valence-electron chi connectivity index (χ0n) is 28.5. The fourth-order valence-corrected chi connectivity index (χ4v) is 7.61. The number of allylic oxidation sites excluding steroid dienone is 1. The maximum absolute atomic E-state index is 13.6. The number of fused-ring (bicyclic) bond motifs is 2. The number of oxime groups is 1. The minimum Gasteiger partial charge on any atom is -0.490 e. The number of ether oxygens (including phenoxy) is 3. The van der Waals surface area contributed by atoms with Gasteiger partial charge < -0.3 is 39.5 Å². The molecule has 1 aromatic carbocycles. The highest BCUT2D eigenvalue weighted by Gasteiger charge is 2.65. The van der Waals surface area contributed by atoms with Crippen molar-refractivity contribution in [3.8, 4) is 11.5 Å². The number of amides is 2. The number of likely N-dealkylation sites (N-methyl/N-ethyl adjacent to an activating group) is 1. The fourth-order valence-electron chi connectivity index (χ4n) is 7.61. The highest BCUT2D eigenvalue weighted by atomic mass is 16.7. The predicted octanol–water partition coefficient (Wildman–Crippen LogP) is 5.96. The van der Waals surface area contributed by atoms with E-state index in [1.54, 1.807) is 24.1 Å². The van der Waals surface area contributed by atoms with E-state index in [4.69, 9.17) is 19.0 Å². The van der Waals surface area contributed by atoms with E-state index in [2.05, 4.69) is 35.8 Å². The molecule has 10 nitrogen and oxygen atoms in total. The second-order valence-corrected chi connectivity index (χ2v) is 12.6. The van der Waals surface area contributed by atoms with Gasteiger partial charge in [-0.25, -0.2) is 4.79 Å². The monoisotopic (exact) mass is 653 g/mol. The number of aliphatic hydroxyl groups excluding tert-OH is 2. The Morgan fingerprint density at radius 2 is 1.87 bits per heavy atom. The third-order valence-corrected chi connectivity index (χ3v) is 9.63. The van der Waals surface area contributed by atoms with E-state index in [0.717, 1.165) is 61.1 Å². The lowest BCUT2D eigenvalue weighted by Gasteiger charge is -2.59. The van der Waals surface area contributed by atoms with Crippen molar-refractivity contribution in [3.63, 3.8) is 0 Å². The second kappa shape index (κ2) is 17.7. The van der Waals surface area contributed by atoms with Crippen LogP contribution in [0, 0.1) is 17.8 Å². The summed E-state index contributed by atoms with van der Waals surface area (Å²) in [5.74, 6) is 0.0701. The summed E-state index contributed by atoms with van der Waals surface area (Å²) in [6.07, 6.45) is 11.9. The fraction of sp³-hybridized carbons (Fsp3) is 0.622. The molecule has 260 valence electrons. The van der Waals surface area contributed by atoms with Crippen LogP contribution in [0.25, 0.3) is 0 Å². The first-order valence-corrected chi connectivity index (χ1v) is 17.3. The Bertz CT molecular complexity index is 1270. The molecular weight excluding hydrogens is 598 g/mol. The molecule has 0 aromatic heterocycles. The summed E-state index contributed by atoms with van der Waals surface area (Å²) in [6.45, 7) is 13.5. The molecule has 10 heteroatoms. The molecule has 1 saturated carbocycles. The van der Waals surface area contributed by atoms with Crippen LogP contribution in [0.2, 0.25) is 0 Å². The lowest BCUT2D eigenvalue weighted by atomic mass is 9.55. The van der Waals surface area contributed by atoms with Gasteiger partial charge in [0.1, 0.15) is 30.8 Å². The summed E-state index contributed by atoms with van der Waals surface area (Å²) in [4.78, 5) is 21.0. The second-order valence-electron chi connectivity index (χ2n) is 12.6. The normalized spacial score (nSPS) is 26.7. The smallest absolute Gasteiger partial charge is 0.317 e. The number of unbranched alkanes of at least 4 members (excludes halogenated alkanes) is 2. The average Bonchev–Trinajstić information content (AvgIpc) is 3.08. The van der Waals surface area contributed by atoms with E-state index in [0.29, 0.717) is 38.3 Å². The number of carbonyl (C=O) groups excluding carboxylic acids is 1. The lowest BCUT2D eigenvalue weighted by molar-refractivity contribution is -0.252. The maximum Gasteiger partial charge on any atom is 0.317 e. The number of rotatable bonds is 19. The van der Waals surface area contributed by atoms with Gasteiger partial charge in [0.05, 0.1) is 18.2 Å². The van der Waals surface area contributed by atoms with Gasteiger partial charge in [0, 0.05) is 44.7 Å².